The van der Waals surface area contributed by atoms with Crippen LogP contribution in [-0.2, 0) is 4.74 Å². The van der Waals surface area contributed by atoms with Crippen molar-refractivity contribution in [3.8, 4) is 0 Å². The number of nitrogens with two attached hydrogens (primary N) is 1. The molecular weight excluding hydrogens is 140 g/mol. The third kappa shape index (κ3) is 3.11. The molecule has 0 atom stereocenters. The van der Waals surface area contributed by atoms with Crippen LogP contribution in [0, 0.1) is 5.41 Å². The summed E-state index contributed by atoms with van der Waals surface area (Å²) in [5.41, 5.74) is 5.21. The third-order valence-corrected chi connectivity index (χ3v) is 1.08. The van der Waals surface area contributed by atoms with Crippen LogP contribution in [0.25, 0.3) is 0 Å². The summed E-state index contributed by atoms with van der Waals surface area (Å²) >= 11 is 5.43. The second-order valence-corrected chi connectivity index (χ2v) is 1.83. The van der Waals surface area contributed by atoms with Gasteiger partial charge in [0.1, 0.15) is 0 Å². The lowest BCUT2D eigenvalue weighted by Crippen LogP contribution is -2.06. The quantitative estimate of drug-likeness (QED) is 0.579. The fraction of sp³-hybridized carbons (Fsp3) is 0.400. The van der Waals surface area contributed by atoms with E-state index in [9.17, 15) is 0 Å². The van der Waals surface area contributed by atoms with E-state index in [0.717, 1.165) is 0 Å². The molecular formula is C5H9ClN2O. The van der Waals surface area contributed by atoms with Crippen LogP contribution in [0.4, 0.5) is 0 Å². The van der Waals surface area contributed by atoms with Crippen molar-refractivity contribution in [3.05, 3.63) is 11.2 Å². The number of rotatable bonds is 3. The van der Waals surface area contributed by atoms with Gasteiger partial charge in [-0.05, 0) is 0 Å². The van der Waals surface area contributed by atoms with Crippen LogP contribution in [-0.4, -0.2) is 19.4 Å². The minimum atomic E-state index is 0.196. The highest BCUT2D eigenvalue weighted by molar-refractivity contribution is 6.43. The lowest BCUT2D eigenvalue weighted by atomic mass is 10.4. The van der Waals surface area contributed by atoms with Crippen molar-refractivity contribution in [3.63, 3.8) is 0 Å². The fourth-order valence-corrected chi connectivity index (χ4v) is 0.368. The molecule has 0 radical (unpaired) electrons. The summed E-state index contributed by atoms with van der Waals surface area (Å²) in [6.45, 7) is 0.201. The molecule has 0 heterocycles. The number of hydrogen-bond donors (Lipinski definition) is 2. The van der Waals surface area contributed by atoms with Gasteiger partial charge >= 0.3 is 0 Å². The highest BCUT2D eigenvalue weighted by Crippen LogP contribution is 1.99. The topological polar surface area (TPSA) is 59.1 Å². The average Bonchev–Trinajstić information content (AvgIpc) is 1.87. The molecule has 3 nitrogen and oxygen atoms in total. The Balaban J connectivity index is 3.74. The number of ether oxygens (including phenoxy) is 1. The van der Waals surface area contributed by atoms with Crippen LogP contribution < -0.4 is 5.73 Å². The van der Waals surface area contributed by atoms with Crippen molar-refractivity contribution in [2.24, 2.45) is 5.73 Å². The van der Waals surface area contributed by atoms with Crippen molar-refractivity contribution < 1.29 is 4.74 Å². The predicted octanol–water partition coefficient (Wildman–Crippen LogP) is 0.691. The smallest absolute Gasteiger partial charge is 0.0892 e. The molecule has 0 aliphatic rings. The summed E-state index contributed by atoms with van der Waals surface area (Å²) in [7, 11) is 1.50. The first-order chi connectivity index (χ1) is 4.22. The first kappa shape index (κ1) is 8.46. The summed E-state index contributed by atoms with van der Waals surface area (Å²) in [4.78, 5) is 0. The number of methoxy groups -OCH3 is 1. The molecule has 0 saturated heterocycles. The van der Waals surface area contributed by atoms with E-state index in [2.05, 4.69) is 4.74 Å². The predicted molar refractivity (Wildman–Crippen MR) is 37.7 cm³/mol. The molecule has 0 saturated carbocycles. The van der Waals surface area contributed by atoms with Gasteiger partial charge in [0.2, 0.25) is 0 Å². The van der Waals surface area contributed by atoms with Gasteiger partial charge in [-0.2, -0.15) is 0 Å². The van der Waals surface area contributed by atoms with E-state index in [4.69, 9.17) is 22.7 Å². The fourth-order valence-electron chi connectivity index (χ4n) is 0.314. The van der Waals surface area contributed by atoms with E-state index >= 15 is 0 Å². The van der Waals surface area contributed by atoms with Gasteiger partial charge in [-0.15, -0.1) is 0 Å². The van der Waals surface area contributed by atoms with Crippen LogP contribution in [0.1, 0.15) is 0 Å². The lowest BCUT2D eigenvalue weighted by Gasteiger charge is -1.97. The molecule has 0 amide bonds. The van der Waals surface area contributed by atoms with Crippen LogP contribution >= 0.6 is 11.6 Å². The van der Waals surface area contributed by atoms with Gasteiger partial charge in [0.15, 0.2) is 0 Å². The van der Waals surface area contributed by atoms with Crippen LogP contribution in [0.3, 0.4) is 0 Å². The Labute approximate surface area is 59.0 Å². The summed E-state index contributed by atoms with van der Waals surface area (Å²) in [5, 5.41) is 7.32. The molecule has 0 aromatic heterocycles. The molecule has 4 heteroatoms. The zero-order valence-corrected chi connectivity index (χ0v) is 5.90. The van der Waals surface area contributed by atoms with Gasteiger partial charge in [0.05, 0.1) is 17.4 Å². The Hall–Kier alpha value is -0.540. The maximum absolute atomic E-state index is 7.09. The monoisotopic (exact) mass is 148 g/mol. The molecule has 0 aromatic rings. The molecule has 52 valence electrons. The Morgan fingerprint density at radius 3 is 2.78 bits per heavy atom. The Morgan fingerprint density at radius 1 is 1.89 bits per heavy atom. The highest BCUT2D eigenvalue weighted by atomic mass is 35.5. The summed E-state index contributed by atoms with van der Waals surface area (Å²) in [5.74, 6) is 0. The molecule has 0 aromatic carbocycles. The van der Waals surface area contributed by atoms with E-state index in [0.29, 0.717) is 0 Å². The largest absolute Gasteiger partial charge is 0.403 e. The van der Waals surface area contributed by atoms with Crippen LogP contribution in [0.15, 0.2) is 11.2 Å². The molecule has 0 bridgehead atoms. The number of hydrogen-bond acceptors (Lipinski definition) is 3. The first-order valence-electron chi connectivity index (χ1n) is 2.36. The van der Waals surface area contributed by atoms with Crippen LogP contribution in [0.2, 0.25) is 0 Å². The second kappa shape index (κ2) is 4.35. The van der Waals surface area contributed by atoms with Gasteiger partial charge in [0.25, 0.3) is 0 Å². The molecule has 0 aliphatic heterocycles. The Morgan fingerprint density at radius 2 is 2.44 bits per heavy atom. The molecule has 0 spiro atoms. The maximum Gasteiger partial charge on any atom is 0.0892 e. The van der Waals surface area contributed by atoms with Crippen LogP contribution in [0.5, 0.6) is 0 Å². The first-order valence-corrected chi connectivity index (χ1v) is 2.74. The molecule has 9 heavy (non-hydrogen) atoms. The molecule has 0 rings (SSSR count). The number of halogens is 1. The van der Waals surface area contributed by atoms with Gasteiger partial charge in [-0.25, -0.2) is 0 Å². The summed E-state index contributed by atoms with van der Waals surface area (Å²) in [6.07, 6.45) is 1.17. The average molecular weight is 149 g/mol. The standard InChI is InChI=1S/C5H9ClN2O/c1-9-3-5(8)4(6)2-7/h2,8H,3,7H2,1H3/b4-2+,8-5?. The minimum Gasteiger partial charge on any atom is -0.403 e. The van der Waals surface area contributed by atoms with E-state index in [1.54, 1.807) is 0 Å². The van der Waals surface area contributed by atoms with Crippen molar-refractivity contribution in [2.75, 3.05) is 13.7 Å². The zero-order chi connectivity index (χ0) is 7.28. The van der Waals surface area contributed by atoms with Crippen molar-refractivity contribution in [2.45, 2.75) is 0 Å². The molecule has 0 aliphatic carbocycles. The molecule has 0 fully saturated rings. The van der Waals surface area contributed by atoms with Crippen molar-refractivity contribution >= 4 is 17.3 Å². The van der Waals surface area contributed by atoms with Crippen molar-refractivity contribution in [1.29, 1.82) is 5.41 Å². The van der Waals surface area contributed by atoms with Gasteiger partial charge < -0.3 is 15.9 Å². The van der Waals surface area contributed by atoms with E-state index < -0.39 is 0 Å². The lowest BCUT2D eigenvalue weighted by molar-refractivity contribution is 0.245. The van der Waals surface area contributed by atoms with Crippen molar-refractivity contribution in [1.82, 2.24) is 0 Å². The Kier molecular flexibility index (Phi) is 4.09. The van der Waals surface area contributed by atoms with E-state index in [-0.39, 0.29) is 17.4 Å². The maximum atomic E-state index is 7.09. The highest BCUT2D eigenvalue weighted by Gasteiger charge is 1.98. The SMILES string of the molecule is COCC(=N)/C(Cl)=C\N. The van der Waals surface area contributed by atoms with Gasteiger partial charge in [-0.3, -0.25) is 0 Å². The Bertz CT molecular complexity index is 133. The minimum absolute atomic E-state index is 0.196. The van der Waals surface area contributed by atoms with E-state index in [1.807, 2.05) is 0 Å². The number of nitrogens with one attached hydrogen (secondary N) is 1. The molecule has 3 N–H and O–H groups in total. The van der Waals surface area contributed by atoms with Gasteiger partial charge in [0, 0.05) is 13.3 Å². The van der Waals surface area contributed by atoms with E-state index in [1.165, 1.54) is 13.3 Å². The molecule has 0 unspecified atom stereocenters. The summed E-state index contributed by atoms with van der Waals surface area (Å²) < 4.78 is 4.62. The zero-order valence-electron chi connectivity index (χ0n) is 5.15. The summed E-state index contributed by atoms with van der Waals surface area (Å²) in [6, 6.07) is 0. The van der Waals surface area contributed by atoms with Gasteiger partial charge in [-0.1, -0.05) is 11.6 Å². The normalized spacial score (nSPS) is 11.6. The second-order valence-electron chi connectivity index (χ2n) is 1.43. The third-order valence-electron chi connectivity index (χ3n) is 0.723.